The van der Waals surface area contributed by atoms with E-state index < -0.39 is 39.2 Å². The second kappa shape index (κ2) is 6.20. The third-order valence-corrected chi connectivity index (χ3v) is 4.81. The molecule has 1 aromatic carbocycles. The Morgan fingerprint density at radius 1 is 1.38 bits per heavy atom. The molecule has 0 aliphatic heterocycles. The second-order valence-corrected chi connectivity index (χ2v) is 6.40. The number of methoxy groups -OCH3 is 1. The number of benzene rings is 1. The molecule has 10 heteroatoms. The van der Waals surface area contributed by atoms with Crippen LogP contribution in [0.1, 0.15) is 5.56 Å². The predicted octanol–water partition coefficient (Wildman–Crippen LogP) is 2.15. The van der Waals surface area contributed by atoms with Crippen LogP contribution in [0.2, 0.25) is 5.02 Å². The maximum atomic E-state index is 12.6. The normalized spacial score (nSPS) is 12.5. The van der Waals surface area contributed by atoms with E-state index in [1.807, 2.05) is 0 Å². The first kappa shape index (κ1) is 17.7. The van der Waals surface area contributed by atoms with Crippen molar-refractivity contribution in [2.45, 2.75) is 11.1 Å². The maximum absolute atomic E-state index is 12.6. The van der Waals surface area contributed by atoms with Gasteiger partial charge in [0.2, 0.25) is 10.0 Å². The molecule has 0 aliphatic rings. The average Bonchev–Trinajstić information content (AvgIpc) is 2.37. The van der Waals surface area contributed by atoms with Crippen molar-refractivity contribution in [3.63, 3.8) is 0 Å². The van der Waals surface area contributed by atoms with Crippen LogP contribution in [0.15, 0.2) is 23.1 Å². The van der Waals surface area contributed by atoms with Crippen molar-refractivity contribution in [3.05, 3.63) is 28.8 Å². The summed E-state index contributed by atoms with van der Waals surface area (Å²) in [5, 5.41) is -0.375. The first-order valence-electron chi connectivity index (χ1n) is 5.40. The van der Waals surface area contributed by atoms with Crippen LogP contribution in [-0.2, 0) is 25.7 Å². The molecular formula is C11H11ClF3NO4S. The summed E-state index contributed by atoms with van der Waals surface area (Å²) in [6.45, 7) is -0.647. The lowest BCUT2D eigenvalue weighted by Gasteiger charge is -2.17. The van der Waals surface area contributed by atoms with Gasteiger partial charge in [0.15, 0.2) is 0 Å². The van der Waals surface area contributed by atoms with Crippen molar-refractivity contribution in [3.8, 4) is 0 Å². The van der Waals surface area contributed by atoms with Gasteiger partial charge in [0.1, 0.15) is 11.4 Å². The molecule has 1 aromatic rings. The highest BCUT2D eigenvalue weighted by molar-refractivity contribution is 7.89. The molecular weight excluding hydrogens is 335 g/mol. The molecule has 0 heterocycles. The fourth-order valence-electron chi connectivity index (χ4n) is 1.38. The zero-order valence-electron chi connectivity index (χ0n) is 10.9. The minimum atomic E-state index is -4.71. The maximum Gasteiger partial charge on any atom is 0.416 e. The van der Waals surface area contributed by atoms with Gasteiger partial charge in [-0.15, -0.1) is 0 Å². The van der Waals surface area contributed by atoms with Crippen LogP contribution in [0.4, 0.5) is 13.2 Å². The number of halogens is 4. The Morgan fingerprint density at radius 3 is 2.43 bits per heavy atom. The minimum Gasteiger partial charge on any atom is -0.468 e. The lowest BCUT2D eigenvalue weighted by atomic mass is 10.2. The molecule has 0 bridgehead atoms. The number of rotatable bonds is 4. The van der Waals surface area contributed by atoms with Gasteiger partial charge in [-0.05, 0) is 18.2 Å². The molecule has 0 aromatic heterocycles. The monoisotopic (exact) mass is 345 g/mol. The SMILES string of the molecule is COC(=O)CN(C)S(=O)(=O)c1cc(C(F)(F)F)ccc1Cl. The summed E-state index contributed by atoms with van der Waals surface area (Å²) in [6.07, 6.45) is -4.71. The number of carbonyl (C=O) groups is 1. The molecule has 0 saturated heterocycles. The Morgan fingerprint density at radius 2 is 1.95 bits per heavy atom. The van der Waals surface area contributed by atoms with Crippen LogP contribution in [-0.4, -0.2) is 39.4 Å². The number of ether oxygens (including phenoxy) is 1. The van der Waals surface area contributed by atoms with Crippen LogP contribution >= 0.6 is 11.6 Å². The van der Waals surface area contributed by atoms with Gasteiger partial charge in [-0.3, -0.25) is 4.79 Å². The number of nitrogens with zero attached hydrogens (tertiary/aromatic N) is 1. The smallest absolute Gasteiger partial charge is 0.416 e. The summed E-state index contributed by atoms with van der Waals surface area (Å²) in [5.41, 5.74) is -1.16. The largest absolute Gasteiger partial charge is 0.468 e. The molecule has 0 unspecified atom stereocenters. The first-order valence-corrected chi connectivity index (χ1v) is 7.22. The summed E-state index contributed by atoms with van der Waals surface area (Å²) in [4.78, 5) is 10.3. The van der Waals surface area contributed by atoms with Gasteiger partial charge >= 0.3 is 12.1 Å². The van der Waals surface area contributed by atoms with Crippen molar-refractivity contribution in [1.29, 1.82) is 0 Å². The molecule has 118 valence electrons. The van der Waals surface area contributed by atoms with Gasteiger partial charge in [0.25, 0.3) is 0 Å². The zero-order chi connectivity index (χ0) is 16.4. The van der Waals surface area contributed by atoms with Crippen LogP contribution in [0.3, 0.4) is 0 Å². The van der Waals surface area contributed by atoms with Crippen molar-refractivity contribution in [2.75, 3.05) is 20.7 Å². The van der Waals surface area contributed by atoms with Crippen LogP contribution in [0.25, 0.3) is 0 Å². The zero-order valence-corrected chi connectivity index (χ0v) is 12.5. The lowest BCUT2D eigenvalue weighted by Crippen LogP contribution is -2.33. The van der Waals surface area contributed by atoms with E-state index in [4.69, 9.17) is 11.6 Å². The standard InChI is InChI=1S/C11H11ClF3NO4S/c1-16(6-10(17)20-2)21(18,19)9-5-7(11(13,14)15)3-4-8(9)12/h3-5H,6H2,1-2H3. The van der Waals surface area contributed by atoms with Gasteiger partial charge in [0, 0.05) is 7.05 Å². The molecule has 0 radical (unpaired) electrons. The minimum absolute atomic E-state index is 0.375. The number of hydrogen-bond acceptors (Lipinski definition) is 4. The Kier molecular flexibility index (Phi) is 5.24. The van der Waals surface area contributed by atoms with Gasteiger partial charge < -0.3 is 4.74 Å². The highest BCUT2D eigenvalue weighted by Gasteiger charge is 2.34. The second-order valence-electron chi connectivity index (χ2n) is 3.98. The fraction of sp³-hybridized carbons (Fsp3) is 0.364. The highest BCUT2D eigenvalue weighted by Crippen LogP contribution is 2.34. The van der Waals surface area contributed by atoms with Gasteiger partial charge in [-0.1, -0.05) is 11.6 Å². The van der Waals surface area contributed by atoms with Crippen LogP contribution in [0, 0.1) is 0 Å². The first-order chi connectivity index (χ1) is 9.50. The molecule has 0 spiro atoms. The van der Waals surface area contributed by atoms with Crippen LogP contribution in [0.5, 0.6) is 0 Å². The Bertz CT molecular complexity index is 645. The molecule has 0 N–H and O–H groups in total. The molecule has 21 heavy (non-hydrogen) atoms. The number of sulfonamides is 1. The number of esters is 1. The van der Waals surface area contributed by atoms with E-state index in [0.29, 0.717) is 16.4 Å². The predicted molar refractivity (Wildman–Crippen MR) is 68.3 cm³/mol. The quantitative estimate of drug-likeness (QED) is 0.784. The Balaban J connectivity index is 3.28. The number of hydrogen-bond donors (Lipinski definition) is 0. The van der Waals surface area contributed by atoms with Gasteiger partial charge in [-0.25, -0.2) is 8.42 Å². The van der Waals surface area contributed by atoms with E-state index in [0.717, 1.165) is 20.2 Å². The molecule has 0 fully saturated rings. The van der Waals surface area contributed by atoms with Gasteiger partial charge in [-0.2, -0.15) is 17.5 Å². The molecule has 5 nitrogen and oxygen atoms in total. The van der Waals surface area contributed by atoms with Gasteiger partial charge in [0.05, 0.1) is 17.7 Å². The van der Waals surface area contributed by atoms with Crippen molar-refractivity contribution in [2.24, 2.45) is 0 Å². The molecule has 1 rings (SSSR count). The van der Waals surface area contributed by atoms with Crippen molar-refractivity contribution >= 4 is 27.6 Å². The fourth-order valence-corrected chi connectivity index (χ4v) is 2.99. The lowest BCUT2D eigenvalue weighted by molar-refractivity contribution is -0.140. The summed E-state index contributed by atoms with van der Waals surface area (Å²) in [6, 6.07) is 1.93. The Labute approximate surface area is 124 Å². The number of likely N-dealkylation sites (N-methyl/N-ethyl adjacent to an activating group) is 1. The topological polar surface area (TPSA) is 63.7 Å². The third-order valence-electron chi connectivity index (χ3n) is 2.53. The molecule has 0 saturated carbocycles. The molecule has 0 amide bonds. The third kappa shape index (κ3) is 4.08. The summed E-state index contributed by atoms with van der Waals surface area (Å²) >= 11 is 5.66. The molecule has 0 aliphatic carbocycles. The van der Waals surface area contributed by atoms with Crippen LogP contribution < -0.4 is 0 Å². The Hall–Kier alpha value is -1.32. The van der Waals surface area contributed by atoms with Crippen molar-refractivity contribution in [1.82, 2.24) is 4.31 Å². The van der Waals surface area contributed by atoms with E-state index in [9.17, 15) is 26.4 Å². The highest BCUT2D eigenvalue weighted by atomic mass is 35.5. The molecule has 0 atom stereocenters. The summed E-state index contributed by atoms with van der Waals surface area (Å²) in [7, 11) is -2.27. The van der Waals surface area contributed by atoms with E-state index in [1.54, 1.807) is 0 Å². The van der Waals surface area contributed by atoms with E-state index in [2.05, 4.69) is 4.74 Å². The van der Waals surface area contributed by atoms with E-state index >= 15 is 0 Å². The number of alkyl halides is 3. The van der Waals surface area contributed by atoms with E-state index in [-0.39, 0.29) is 5.02 Å². The van der Waals surface area contributed by atoms with E-state index in [1.165, 1.54) is 0 Å². The number of carbonyl (C=O) groups excluding carboxylic acids is 1. The van der Waals surface area contributed by atoms with Crippen molar-refractivity contribution < 1.29 is 31.1 Å². The summed E-state index contributed by atoms with van der Waals surface area (Å²) in [5.74, 6) is -0.857. The average molecular weight is 346 g/mol. The summed E-state index contributed by atoms with van der Waals surface area (Å²) < 4.78 is 67.0.